The topological polar surface area (TPSA) is 121 Å². The predicted molar refractivity (Wildman–Crippen MR) is 207 cm³/mol. The standard InChI is InChI=1S/C45H68N2O5/c1-29(2)32-18-23-45(40(52)47(27-12-10-8-9-11-26-46)38(49)30-14-13-15-31(28-30)39(50)51)25-24-43(6)33(37(32)45)16-17-35-42(5)21-20-36(48)41(3,4)34(42)19-22-44(35,43)7/h13-15,28,32-37,48H,1,8-12,16-27,46H2,2-7H3,(H,50,51)/t32-,33+,34-,35?,36-,37+,42-,43+,44+,45-/m0/s1. The maximum absolute atomic E-state index is 15.5. The Labute approximate surface area is 313 Å². The van der Waals surface area contributed by atoms with E-state index in [1.165, 1.54) is 17.0 Å². The molecule has 0 aliphatic heterocycles. The number of carbonyl (C=O) groups is 3. The average Bonchev–Trinajstić information content (AvgIpc) is 3.51. The Balaban J connectivity index is 1.36. The molecule has 5 saturated carbocycles. The number of amides is 2. The lowest BCUT2D eigenvalue weighted by Gasteiger charge is -2.72. The van der Waals surface area contributed by atoms with E-state index in [-0.39, 0.29) is 62.5 Å². The second kappa shape index (κ2) is 14.3. The summed E-state index contributed by atoms with van der Waals surface area (Å²) < 4.78 is 0. The fourth-order valence-electron chi connectivity index (χ4n) is 14.0. The highest BCUT2D eigenvalue weighted by Gasteiger charge is 2.72. The van der Waals surface area contributed by atoms with Crippen molar-refractivity contribution in [3.8, 4) is 0 Å². The van der Waals surface area contributed by atoms with Crippen LogP contribution in [0.25, 0.3) is 0 Å². The summed E-state index contributed by atoms with van der Waals surface area (Å²) in [7, 11) is 0. The zero-order chi connectivity index (χ0) is 37.9. The van der Waals surface area contributed by atoms with Gasteiger partial charge in [-0.05, 0) is 160 Å². The first-order valence-corrected chi connectivity index (χ1v) is 20.7. The van der Waals surface area contributed by atoms with Gasteiger partial charge in [0.15, 0.2) is 0 Å². The van der Waals surface area contributed by atoms with Crippen molar-refractivity contribution >= 4 is 17.8 Å². The number of nitrogens with zero attached hydrogens (tertiary/aromatic N) is 1. The number of hydrogen-bond donors (Lipinski definition) is 3. The molecule has 5 aliphatic carbocycles. The van der Waals surface area contributed by atoms with Crippen LogP contribution in [0.1, 0.15) is 159 Å². The maximum Gasteiger partial charge on any atom is 0.335 e. The van der Waals surface area contributed by atoms with Gasteiger partial charge in [-0.25, -0.2) is 4.79 Å². The molecule has 7 nitrogen and oxygen atoms in total. The van der Waals surface area contributed by atoms with Gasteiger partial charge >= 0.3 is 5.97 Å². The second-order valence-electron chi connectivity index (χ2n) is 19.4. The van der Waals surface area contributed by atoms with E-state index in [4.69, 9.17) is 5.73 Å². The Morgan fingerprint density at radius 1 is 0.827 bits per heavy atom. The van der Waals surface area contributed by atoms with Gasteiger partial charge in [0.25, 0.3) is 5.91 Å². The van der Waals surface area contributed by atoms with E-state index in [0.717, 1.165) is 102 Å². The second-order valence-corrected chi connectivity index (χ2v) is 19.4. The fraction of sp³-hybridized carbons (Fsp3) is 0.756. The molecule has 0 heterocycles. The smallest absolute Gasteiger partial charge is 0.335 e. The molecule has 5 aliphatic rings. The van der Waals surface area contributed by atoms with Crippen LogP contribution in [0.4, 0.5) is 0 Å². The summed E-state index contributed by atoms with van der Waals surface area (Å²) in [6.45, 7) is 20.0. The monoisotopic (exact) mass is 717 g/mol. The molecule has 0 aromatic heterocycles. The fourth-order valence-corrected chi connectivity index (χ4v) is 14.0. The highest BCUT2D eigenvalue weighted by Crippen LogP contribution is 2.77. The van der Waals surface area contributed by atoms with Crippen LogP contribution in [-0.4, -0.2) is 52.1 Å². The molecule has 6 rings (SSSR count). The summed E-state index contributed by atoms with van der Waals surface area (Å²) >= 11 is 0. The number of carboxylic acid groups (broad SMARTS) is 1. The van der Waals surface area contributed by atoms with Crippen LogP contribution < -0.4 is 5.73 Å². The highest BCUT2D eigenvalue weighted by atomic mass is 16.4. The van der Waals surface area contributed by atoms with Gasteiger partial charge < -0.3 is 15.9 Å². The number of aliphatic hydroxyl groups excluding tert-OH is 1. The van der Waals surface area contributed by atoms with Crippen molar-refractivity contribution in [1.82, 2.24) is 4.90 Å². The molecule has 288 valence electrons. The van der Waals surface area contributed by atoms with Crippen molar-refractivity contribution < 1.29 is 24.6 Å². The van der Waals surface area contributed by atoms with E-state index in [1.807, 2.05) is 0 Å². The third-order valence-corrected chi connectivity index (χ3v) is 16.9. The summed E-state index contributed by atoms with van der Waals surface area (Å²) in [5, 5.41) is 20.9. The number of hydrogen-bond acceptors (Lipinski definition) is 5. The molecular formula is C45H68N2O5. The number of allylic oxidation sites excluding steroid dienone is 1. The van der Waals surface area contributed by atoms with Crippen molar-refractivity contribution in [2.75, 3.05) is 13.1 Å². The molecule has 4 N–H and O–H groups in total. The van der Waals surface area contributed by atoms with Gasteiger partial charge in [-0.15, -0.1) is 0 Å². The number of aliphatic hydroxyl groups is 1. The Morgan fingerprint density at radius 2 is 1.52 bits per heavy atom. The van der Waals surface area contributed by atoms with Crippen LogP contribution in [0.15, 0.2) is 36.4 Å². The number of benzene rings is 1. The highest BCUT2D eigenvalue weighted by molar-refractivity contribution is 6.07. The first-order chi connectivity index (χ1) is 24.5. The summed E-state index contributed by atoms with van der Waals surface area (Å²) in [6, 6.07) is 6.18. The SMILES string of the molecule is C=C(C)[C@@H]1CC[C@]2(C(=O)N(CCCCCCCN)C(=O)c3cccc(C(=O)O)c3)CC[C@]3(C)[C@H](CCC4[C@@]5(C)CC[C@H](O)C(C)(C)[C@@H]5CC[C@]43C)[C@@H]12. The van der Waals surface area contributed by atoms with Crippen LogP contribution in [-0.2, 0) is 4.79 Å². The molecule has 0 spiro atoms. The molecule has 1 unspecified atom stereocenters. The summed E-state index contributed by atoms with van der Waals surface area (Å²) in [4.78, 5) is 43.4. The minimum Gasteiger partial charge on any atom is -0.478 e. The van der Waals surface area contributed by atoms with Gasteiger partial charge in [0.2, 0.25) is 5.91 Å². The predicted octanol–water partition coefficient (Wildman–Crippen LogP) is 9.28. The van der Waals surface area contributed by atoms with Crippen LogP contribution in [0.2, 0.25) is 0 Å². The van der Waals surface area contributed by atoms with Crippen molar-refractivity contribution in [1.29, 1.82) is 0 Å². The van der Waals surface area contributed by atoms with Crippen LogP contribution in [0.3, 0.4) is 0 Å². The maximum atomic E-state index is 15.5. The third kappa shape index (κ3) is 6.03. The molecule has 10 atom stereocenters. The summed E-state index contributed by atoms with van der Waals surface area (Å²) in [5.74, 6) is 0.261. The number of imide groups is 1. The first-order valence-electron chi connectivity index (χ1n) is 20.7. The zero-order valence-electron chi connectivity index (χ0n) is 33.1. The van der Waals surface area contributed by atoms with Gasteiger partial charge in [0.1, 0.15) is 0 Å². The van der Waals surface area contributed by atoms with Gasteiger partial charge in [-0.3, -0.25) is 14.5 Å². The van der Waals surface area contributed by atoms with Crippen molar-refractivity contribution in [3.63, 3.8) is 0 Å². The zero-order valence-corrected chi connectivity index (χ0v) is 33.1. The average molecular weight is 717 g/mol. The number of nitrogens with two attached hydrogens (primary N) is 1. The molecular weight excluding hydrogens is 649 g/mol. The van der Waals surface area contributed by atoms with Gasteiger partial charge in [-0.2, -0.15) is 0 Å². The minimum absolute atomic E-state index is 0.0399. The first kappa shape index (κ1) is 39.2. The molecule has 52 heavy (non-hydrogen) atoms. The lowest BCUT2D eigenvalue weighted by Crippen LogP contribution is -2.67. The number of fused-ring (bicyclic) bond motifs is 7. The normalized spacial score (nSPS) is 39.0. The van der Waals surface area contributed by atoms with E-state index in [9.17, 15) is 19.8 Å². The number of carboxylic acids is 1. The van der Waals surface area contributed by atoms with E-state index in [0.29, 0.717) is 30.8 Å². The van der Waals surface area contributed by atoms with Gasteiger partial charge in [0.05, 0.1) is 17.1 Å². The molecule has 1 aromatic carbocycles. The Kier molecular flexibility index (Phi) is 10.8. The molecule has 7 heteroatoms. The number of aromatic carboxylic acids is 1. The lowest BCUT2D eigenvalue weighted by molar-refractivity contribution is -0.247. The minimum atomic E-state index is -1.09. The van der Waals surface area contributed by atoms with Crippen LogP contribution in [0, 0.1) is 56.7 Å². The summed E-state index contributed by atoms with van der Waals surface area (Å²) in [5.41, 5.74) is 6.80. The van der Waals surface area contributed by atoms with E-state index >= 15 is 4.79 Å². The van der Waals surface area contributed by atoms with Crippen molar-refractivity contribution in [2.24, 2.45) is 62.4 Å². The molecule has 0 radical (unpaired) electrons. The Bertz CT molecular complexity index is 1550. The third-order valence-electron chi connectivity index (χ3n) is 16.9. The van der Waals surface area contributed by atoms with Gasteiger partial charge in [-0.1, -0.05) is 72.1 Å². The Hall–Kier alpha value is -2.51. The molecule has 1 aromatic rings. The lowest BCUT2D eigenvalue weighted by atomic mass is 9.32. The molecule has 0 saturated heterocycles. The van der Waals surface area contributed by atoms with E-state index in [1.54, 1.807) is 12.1 Å². The largest absolute Gasteiger partial charge is 0.478 e. The van der Waals surface area contributed by atoms with Crippen molar-refractivity contribution in [2.45, 2.75) is 144 Å². The molecule has 5 fully saturated rings. The number of carbonyl (C=O) groups excluding carboxylic acids is 2. The molecule has 0 bridgehead atoms. The van der Waals surface area contributed by atoms with E-state index in [2.05, 4.69) is 48.1 Å². The number of rotatable bonds is 11. The van der Waals surface area contributed by atoms with Crippen molar-refractivity contribution in [3.05, 3.63) is 47.5 Å². The van der Waals surface area contributed by atoms with E-state index < -0.39 is 11.4 Å². The van der Waals surface area contributed by atoms with Crippen LogP contribution in [0.5, 0.6) is 0 Å². The molecule has 2 amide bonds. The summed E-state index contributed by atoms with van der Waals surface area (Å²) in [6.07, 6.45) is 14.3. The van der Waals surface area contributed by atoms with Gasteiger partial charge in [0, 0.05) is 12.1 Å². The quantitative estimate of drug-likeness (QED) is 0.119. The Morgan fingerprint density at radius 3 is 2.21 bits per heavy atom. The number of unbranched alkanes of at least 4 members (excludes halogenated alkanes) is 4. The van der Waals surface area contributed by atoms with Crippen LogP contribution >= 0.6 is 0 Å².